The van der Waals surface area contributed by atoms with E-state index < -0.39 is 141 Å². The van der Waals surface area contributed by atoms with Crippen LogP contribution in [0.1, 0.15) is 137 Å². The number of aliphatic hydroxyl groups is 9. The van der Waals surface area contributed by atoms with Gasteiger partial charge in [-0.1, -0.05) is 27.7 Å². The van der Waals surface area contributed by atoms with Crippen LogP contribution < -0.4 is 42.5 Å². The first kappa shape index (κ1) is 81.4. The molecule has 3 aliphatic rings. The summed E-state index contributed by atoms with van der Waals surface area (Å²) >= 11 is 0. The molecule has 0 aromatic carbocycles. The quantitative estimate of drug-likeness (QED) is 0.0256. The molecule has 32 nitrogen and oxygen atoms in total. The van der Waals surface area contributed by atoms with E-state index in [2.05, 4.69) is 42.5 Å². The van der Waals surface area contributed by atoms with Gasteiger partial charge >= 0.3 is 0 Å². The highest BCUT2D eigenvalue weighted by atomic mass is 16.7. The number of carbonyl (C=O) groups excluding carboxylic acids is 8. The lowest BCUT2D eigenvalue weighted by atomic mass is 9.82. The summed E-state index contributed by atoms with van der Waals surface area (Å²) in [6.45, 7) is 7.36. The zero-order chi connectivity index (χ0) is 68.0. The average molecular weight is 1330 g/mol. The maximum atomic E-state index is 13.9. The van der Waals surface area contributed by atoms with Crippen LogP contribution in [0.4, 0.5) is 0 Å². The van der Waals surface area contributed by atoms with Gasteiger partial charge in [0.15, 0.2) is 18.9 Å². The Morgan fingerprint density at radius 2 is 0.641 bits per heavy atom. The number of amides is 8. The summed E-state index contributed by atoms with van der Waals surface area (Å²) in [6.07, 6.45) is -11.8. The summed E-state index contributed by atoms with van der Waals surface area (Å²) in [6, 6.07) is 0. The van der Waals surface area contributed by atoms with E-state index in [1.54, 1.807) is 20.8 Å². The first-order chi connectivity index (χ1) is 44.0. The van der Waals surface area contributed by atoms with Gasteiger partial charge in [-0.25, -0.2) is 0 Å². The second-order valence-corrected chi connectivity index (χ2v) is 23.7. The van der Waals surface area contributed by atoms with Crippen molar-refractivity contribution in [2.45, 2.75) is 216 Å². The van der Waals surface area contributed by atoms with E-state index in [4.69, 9.17) is 33.2 Å². The molecule has 0 bridgehead atoms. The summed E-state index contributed by atoms with van der Waals surface area (Å²) in [5.74, 6) is -5.05. The third kappa shape index (κ3) is 30.7. The average Bonchev–Trinajstić information content (AvgIpc) is 0.994. The Kier molecular flexibility index (Phi) is 40.2. The molecule has 3 fully saturated rings. The molecule has 0 spiro atoms. The van der Waals surface area contributed by atoms with Crippen LogP contribution in [0.15, 0.2) is 0 Å². The largest absolute Gasteiger partial charge is 0.394 e. The van der Waals surface area contributed by atoms with Crippen molar-refractivity contribution in [3.63, 3.8) is 0 Å². The molecule has 532 valence electrons. The molecule has 3 aliphatic heterocycles. The maximum absolute atomic E-state index is 13.9. The standard InChI is InChI=1S/C60H108N8O24/c1-5-29-86-30-10-28-67-43(72)11-6-12-50(79)68-60(19-13-44(73)61-22-7-25-64-47(76)16-31-87-57-37(2)51(80)54(83)40(34-69)90-57,20-14-45(74)62-23-8-26-65-48(77)17-32-88-58-38(3)52(81)55(84)41(35-70)91-58)21-15-46(75)63-24-9-27-66-49(78)18-33-89-59-39(4)53(82)56(85)42(36-71)92-59/h37-42,51-59,69-71,80-85H,5-36H2,1-4H3,(H,61,73)(H,62,74)(H,63,75)(H,64,76)(H,65,77)(H,66,78)(H,67,72)(H,68,79)/t37-,38-,39-,40?,41?,42?,51-,52-,53-,54?,55?,56?,57+,58+,59+,60?/m0/s1. The minimum absolute atomic E-state index is 0.0288. The second-order valence-electron chi connectivity index (χ2n) is 23.7. The van der Waals surface area contributed by atoms with E-state index in [0.29, 0.717) is 45.4 Å². The number of rotatable bonds is 47. The van der Waals surface area contributed by atoms with Crippen molar-refractivity contribution in [3.8, 4) is 0 Å². The first-order valence-electron chi connectivity index (χ1n) is 32.5. The minimum Gasteiger partial charge on any atom is -0.394 e. The van der Waals surface area contributed by atoms with Crippen molar-refractivity contribution >= 4 is 47.3 Å². The van der Waals surface area contributed by atoms with Crippen LogP contribution in [-0.4, -0.2) is 271 Å². The first-order valence-corrected chi connectivity index (χ1v) is 32.5. The highest BCUT2D eigenvalue weighted by Gasteiger charge is 2.45. The van der Waals surface area contributed by atoms with Crippen LogP contribution in [0, 0.1) is 17.8 Å². The van der Waals surface area contributed by atoms with Crippen molar-refractivity contribution in [1.82, 2.24) is 42.5 Å². The third-order valence-electron chi connectivity index (χ3n) is 16.2. The molecular weight excluding hydrogens is 1220 g/mol. The van der Waals surface area contributed by atoms with Crippen molar-refractivity contribution < 1.29 is 117 Å². The van der Waals surface area contributed by atoms with E-state index in [9.17, 15) is 84.3 Å². The van der Waals surface area contributed by atoms with Gasteiger partial charge in [-0.15, -0.1) is 0 Å². The maximum Gasteiger partial charge on any atom is 0.222 e. The van der Waals surface area contributed by atoms with Gasteiger partial charge in [0, 0.05) is 114 Å². The minimum atomic E-state index is -1.32. The topological polar surface area (TPSA) is 479 Å². The number of carbonyl (C=O) groups is 8. The zero-order valence-electron chi connectivity index (χ0n) is 53.9. The molecule has 8 amide bonds. The predicted molar refractivity (Wildman–Crippen MR) is 326 cm³/mol. The molecule has 3 saturated heterocycles. The van der Waals surface area contributed by atoms with Crippen LogP contribution >= 0.6 is 0 Å². The van der Waals surface area contributed by atoms with E-state index in [0.717, 1.165) is 6.42 Å². The van der Waals surface area contributed by atoms with Gasteiger partial charge in [-0.2, -0.15) is 0 Å². The van der Waals surface area contributed by atoms with Gasteiger partial charge in [-0.3, -0.25) is 38.4 Å². The van der Waals surface area contributed by atoms with Crippen LogP contribution in [0.3, 0.4) is 0 Å². The summed E-state index contributed by atoms with van der Waals surface area (Å²) in [7, 11) is 0. The van der Waals surface area contributed by atoms with Crippen LogP contribution in [-0.2, 0) is 71.5 Å². The van der Waals surface area contributed by atoms with Gasteiger partial charge in [0.25, 0.3) is 0 Å². The molecular formula is C60H108N8O24. The fraction of sp³-hybridized carbons (Fsp3) is 0.867. The molecule has 32 heteroatoms. The lowest BCUT2D eigenvalue weighted by molar-refractivity contribution is -0.282. The van der Waals surface area contributed by atoms with Gasteiger partial charge in [0.05, 0.1) is 77.2 Å². The normalized spacial score (nSPS) is 27.0. The predicted octanol–water partition coefficient (Wildman–Crippen LogP) is -4.40. The molecule has 15 atom stereocenters. The third-order valence-corrected chi connectivity index (χ3v) is 16.2. The monoisotopic (exact) mass is 1320 g/mol. The van der Waals surface area contributed by atoms with E-state index in [1.165, 1.54) is 0 Å². The molecule has 0 aliphatic carbocycles. The van der Waals surface area contributed by atoms with E-state index in [-0.39, 0.29) is 160 Å². The molecule has 3 heterocycles. The van der Waals surface area contributed by atoms with Crippen molar-refractivity contribution in [2.24, 2.45) is 17.8 Å². The summed E-state index contributed by atoms with van der Waals surface area (Å²) in [5, 5.41) is 112. The van der Waals surface area contributed by atoms with E-state index in [1.807, 2.05) is 6.92 Å². The summed E-state index contributed by atoms with van der Waals surface area (Å²) in [4.78, 5) is 105. The van der Waals surface area contributed by atoms with E-state index >= 15 is 0 Å². The molecule has 6 unspecified atom stereocenters. The molecule has 0 aromatic rings. The Bertz CT molecular complexity index is 1980. The van der Waals surface area contributed by atoms with Gasteiger partial charge in [0.1, 0.15) is 36.6 Å². The van der Waals surface area contributed by atoms with Crippen molar-refractivity contribution in [1.29, 1.82) is 0 Å². The highest BCUT2D eigenvalue weighted by molar-refractivity contribution is 5.81. The van der Waals surface area contributed by atoms with Gasteiger partial charge in [-0.05, 0) is 57.8 Å². The fourth-order valence-corrected chi connectivity index (χ4v) is 10.3. The Balaban J connectivity index is 1.62. The summed E-state index contributed by atoms with van der Waals surface area (Å²) in [5.41, 5.74) is -1.32. The molecule has 0 aromatic heterocycles. The number of hydrogen-bond acceptors (Lipinski definition) is 24. The Labute approximate surface area is 538 Å². The van der Waals surface area contributed by atoms with Gasteiger partial charge in [0.2, 0.25) is 47.3 Å². The van der Waals surface area contributed by atoms with Crippen LogP contribution in [0.2, 0.25) is 0 Å². The van der Waals surface area contributed by atoms with Crippen molar-refractivity contribution in [2.75, 3.05) is 98.7 Å². The van der Waals surface area contributed by atoms with Crippen molar-refractivity contribution in [3.05, 3.63) is 0 Å². The van der Waals surface area contributed by atoms with Crippen LogP contribution in [0.25, 0.3) is 0 Å². The molecule has 17 N–H and O–H groups in total. The molecule has 0 saturated carbocycles. The molecule has 3 rings (SSSR count). The highest BCUT2D eigenvalue weighted by Crippen LogP contribution is 2.30. The number of ether oxygens (including phenoxy) is 7. The second kappa shape index (κ2) is 45.5. The van der Waals surface area contributed by atoms with Crippen LogP contribution in [0.5, 0.6) is 0 Å². The summed E-state index contributed by atoms with van der Waals surface area (Å²) < 4.78 is 38.9. The lowest BCUT2D eigenvalue weighted by Gasteiger charge is -2.40. The Morgan fingerprint density at radius 1 is 0.359 bits per heavy atom. The number of nitrogens with one attached hydrogen (secondary N) is 8. The SMILES string of the molecule is CCCOCCCNC(=O)CCCC(=O)NC(CCC(=O)NCCCNC(=O)CCO[C@@H]1OC(CO)C(O)[C@@H](O)[C@@H]1C)(CCC(=O)NCCCNC(=O)CCO[C@@H]1OC(CO)C(O)[C@@H](O)[C@@H]1C)CCC(=O)NCCCNC(=O)CCO[C@@H]1OC(CO)C(O)[C@@H](O)[C@@H]1C. The molecule has 0 radical (unpaired) electrons. The molecule has 92 heavy (non-hydrogen) atoms. The zero-order valence-corrected chi connectivity index (χ0v) is 53.9. The Hall–Kier alpha value is -4.88. The fourth-order valence-electron chi connectivity index (χ4n) is 10.3. The number of aliphatic hydroxyl groups excluding tert-OH is 9. The lowest BCUT2D eigenvalue weighted by Crippen LogP contribution is -2.55. The van der Waals surface area contributed by atoms with Gasteiger partial charge < -0.3 is 122 Å². The smallest absolute Gasteiger partial charge is 0.222 e. The number of hydrogen-bond donors (Lipinski definition) is 17. The Morgan fingerprint density at radius 3 is 0.946 bits per heavy atom.